The van der Waals surface area contributed by atoms with Crippen LogP contribution in [0.1, 0.15) is 15.4 Å². The maximum absolute atomic E-state index is 12.9. The van der Waals surface area contributed by atoms with Crippen LogP contribution in [0.25, 0.3) is 0 Å². The number of thiophene rings is 1. The number of amides is 2. The highest BCUT2D eigenvalue weighted by Crippen LogP contribution is 2.29. The molecule has 2 heterocycles. The second-order valence-corrected chi connectivity index (χ2v) is 7.41. The van der Waals surface area contributed by atoms with Crippen molar-refractivity contribution in [2.24, 2.45) is 5.73 Å². The summed E-state index contributed by atoms with van der Waals surface area (Å²) in [5.41, 5.74) is 5.17. The Balaban J connectivity index is 2.62. The summed E-state index contributed by atoms with van der Waals surface area (Å²) in [4.78, 5) is 29.9. The van der Waals surface area contributed by atoms with Gasteiger partial charge in [0.25, 0.3) is 16.0 Å². The number of rotatable bonds is 6. The molecule has 146 valence electrons. The van der Waals surface area contributed by atoms with E-state index in [1.54, 1.807) is 0 Å². The molecular formula is C13H12F2N4O6S2. The van der Waals surface area contributed by atoms with E-state index < -0.39 is 45.4 Å². The van der Waals surface area contributed by atoms with Crippen molar-refractivity contribution in [1.29, 1.82) is 0 Å². The first-order chi connectivity index (χ1) is 12.6. The zero-order chi connectivity index (χ0) is 20.4. The van der Waals surface area contributed by atoms with Crippen LogP contribution in [0.4, 0.5) is 19.5 Å². The smallest absolute Gasteiger partial charge is 0.388 e. The van der Waals surface area contributed by atoms with Crippen molar-refractivity contribution in [3.8, 4) is 5.88 Å². The van der Waals surface area contributed by atoms with Gasteiger partial charge in [-0.05, 0) is 18.4 Å². The SMILES string of the molecule is COC(=O)c1sccc1S(=O)(=O)N(C(N)=O)c1nc(C)cc(OC(F)F)n1. The number of alkyl halides is 2. The van der Waals surface area contributed by atoms with Crippen molar-refractivity contribution in [1.82, 2.24) is 9.97 Å². The molecule has 0 radical (unpaired) electrons. The normalized spacial score (nSPS) is 11.3. The van der Waals surface area contributed by atoms with Gasteiger partial charge in [0.15, 0.2) is 0 Å². The number of sulfonamides is 1. The Labute approximate surface area is 155 Å². The molecule has 0 aliphatic rings. The fourth-order valence-electron chi connectivity index (χ4n) is 1.93. The van der Waals surface area contributed by atoms with Gasteiger partial charge in [-0.3, -0.25) is 0 Å². The number of carbonyl (C=O) groups excluding carboxylic acids is 2. The van der Waals surface area contributed by atoms with Gasteiger partial charge >= 0.3 is 18.6 Å². The molecule has 27 heavy (non-hydrogen) atoms. The van der Waals surface area contributed by atoms with Gasteiger partial charge in [0.1, 0.15) is 9.77 Å². The third kappa shape index (κ3) is 4.28. The third-order valence-corrected chi connectivity index (χ3v) is 5.67. The Morgan fingerprint density at radius 1 is 1.33 bits per heavy atom. The zero-order valence-corrected chi connectivity index (χ0v) is 15.4. The van der Waals surface area contributed by atoms with E-state index in [4.69, 9.17) is 5.73 Å². The lowest BCUT2D eigenvalue weighted by atomic mass is 10.4. The minimum atomic E-state index is -4.76. The summed E-state index contributed by atoms with van der Waals surface area (Å²) < 4.78 is 59.2. The van der Waals surface area contributed by atoms with E-state index in [9.17, 15) is 26.8 Å². The molecule has 0 saturated heterocycles. The molecule has 10 nitrogen and oxygen atoms in total. The number of primary amides is 1. The molecule has 0 unspecified atom stereocenters. The number of aryl methyl sites for hydroxylation is 1. The first-order valence-corrected chi connectivity index (χ1v) is 9.21. The number of hydrogen-bond acceptors (Lipinski definition) is 9. The predicted molar refractivity (Wildman–Crippen MR) is 88.3 cm³/mol. The number of carbonyl (C=O) groups is 2. The predicted octanol–water partition coefficient (Wildman–Crippen LogP) is 1.51. The molecule has 2 aromatic heterocycles. The highest BCUT2D eigenvalue weighted by molar-refractivity contribution is 7.93. The molecule has 2 rings (SSSR count). The van der Waals surface area contributed by atoms with Crippen LogP contribution in [-0.2, 0) is 14.8 Å². The summed E-state index contributed by atoms with van der Waals surface area (Å²) in [6.07, 6.45) is 0. The van der Waals surface area contributed by atoms with Crippen LogP contribution in [0, 0.1) is 6.92 Å². The minimum absolute atomic E-state index is 0.0210. The molecule has 2 N–H and O–H groups in total. The summed E-state index contributed by atoms with van der Waals surface area (Å²) in [5.74, 6) is -2.45. The molecule has 0 bridgehead atoms. The fraction of sp³-hybridized carbons (Fsp3) is 0.231. The van der Waals surface area contributed by atoms with Crippen molar-refractivity contribution >= 4 is 39.3 Å². The standard InChI is InChI=1S/C13H12F2N4O6S2/c1-6-5-8(25-11(14)15)18-13(17-6)19(12(16)21)27(22,23)7-3-4-26-9(7)10(20)24-2/h3-5,11H,1-2H3,(H2,16,21). The number of nitrogens with two attached hydrogens (primary N) is 1. The number of nitrogens with zero attached hydrogens (tertiary/aromatic N) is 3. The number of halogens is 2. The molecule has 0 atom stereocenters. The van der Waals surface area contributed by atoms with Crippen molar-refractivity contribution in [2.45, 2.75) is 18.4 Å². The third-order valence-electron chi connectivity index (χ3n) is 2.93. The molecular weight excluding hydrogens is 410 g/mol. The largest absolute Gasteiger partial charge is 0.465 e. The van der Waals surface area contributed by atoms with E-state index in [0.29, 0.717) is 0 Å². The van der Waals surface area contributed by atoms with Crippen LogP contribution in [-0.4, -0.2) is 44.1 Å². The lowest BCUT2D eigenvalue weighted by Gasteiger charge is -2.19. The quantitative estimate of drug-likeness (QED) is 0.691. The summed E-state index contributed by atoms with van der Waals surface area (Å²) in [6.45, 7) is -1.91. The van der Waals surface area contributed by atoms with Gasteiger partial charge in [-0.2, -0.15) is 13.8 Å². The van der Waals surface area contributed by atoms with Crippen LogP contribution in [0.5, 0.6) is 5.88 Å². The summed E-state index contributed by atoms with van der Waals surface area (Å²) in [5, 5.41) is 1.28. The van der Waals surface area contributed by atoms with E-state index >= 15 is 0 Å². The van der Waals surface area contributed by atoms with Crippen LogP contribution >= 0.6 is 11.3 Å². The van der Waals surface area contributed by atoms with Gasteiger partial charge in [-0.1, -0.05) is 0 Å². The minimum Gasteiger partial charge on any atom is -0.465 e. The monoisotopic (exact) mass is 422 g/mol. The van der Waals surface area contributed by atoms with Crippen molar-refractivity contribution in [3.63, 3.8) is 0 Å². The van der Waals surface area contributed by atoms with Crippen molar-refractivity contribution in [2.75, 3.05) is 11.4 Å². The van der Waals surface area contributed by atoms with Gasteiger partial charge in [-0.15, -0.1) is 15.6 Å². The molecule has 0 aromatic carbocycles. The first-order valence-electron chi connectivity index (χ1n) is 6.89. The highest BCUT2D eigenvalue weighted by Gasteiger charge is 2.36. The first kappa shape index (κ1) is 20.4. The van der Waals surface area contributed by atoms with Gasteiger partial charge in [0.2, 0.25) is 5.88 Å². The molecule has 2 amide bonds. The number of ether oxygens (including phenoxy) is 2. The molecule has 2 aromatic rings. The maximum atomic E-state index is 12.9. The van der Waals surface area contributed by atoms with Crippen LogP contribution in [0.15, 0.2) is 22.4 Å². The van der Waals surface area contributed by atoms with E-state index in [1.807, 2.05) is 0 Å². The van der Waals surface area contributed by atoms with Crippen LogP contribution < -0.4 is 14.8 Å². The molecule has 0 spiro atoms. The summed E-state index contributed by atoms with van der Waals surface area (Å²) in [7, 11) is -3.71. The van der Waals surface area contributed by atoms with Gasteiger partial charge in [0.05, 0.1) is 7.11 Å². The Bertz CT molecular complexity index is 979. The summed E-state index contributed by atoms with van der Waals surface area (Å²) in [6, 6.07) is 0.533. The lowest BCUT2D eigenvalue weighted by molar-refractivity contribution is -0.0528. The number of anilines is 1. The number of aromatic nitrogens is 2. The second kappa shape index (κ2) is 7.79. The number of methoxy groups -OCH3 is 1. The Morgan fingerprint density at radius 2 is 2.00 bits per heavy atom. The van der Waals surface area contributed by atoms with Gasteiger partial charge < -0.3 is 15.2 Å². The fourth-order valence-corrected chi connectivity index (χ4v) is 4.47. The lowest BCUT2D eigenvalue weighted by Crippen LogP contribution is -2.42. The van der Waals surface area contributed by atoms with E-state index in [-0.39, 0.29) is 14.9 Å². The maximum Gasteiger partial charge on any atom is 0.388 e. The van der Waals surface area contributed by atoms with E-state index in [0.717, 1.165) is 30.6 Å². The number of esters is 1. The Hall–Kier alpha value is -2.87. The van der Waals surface area contributed by atoms with Gasteiger partial charge in [-0.25, -0.2) is 23.0 Å². The average molecular weight is 422 g/mol. The molecule has 0 aliphatic heterocycles. The topological polar surface area (TPSA) is 142 Å². The summed E-state index contributed by atoms with van der Waals surface area (Å²) >= 11 is 0.751. The molecule has 0 saturated carbocycles. The number of urea groups is 1. The Morgan fingerprint density at radius 3 is 2.56 bits per heavy atom. The van der Waals surface area contributed by atoms with Crippen LogP contribution in [0.3, 0.4) is 0 Å². The van der Waals surface area contributed by atoms with E-state index in [2.05, 4.69) is 19.4 Å². The van der Waals surface area contributed by atoms with Gasteiger partial charge in [0, 0.05) is 11.8 Å². The molecule has 0 fully saturated rings. The van der Waals surface area contributed by atoms with E-state index in [1.165, 1.54) is 12.3 Å². The average Bonchev–Trinajstić information content (AvgIpc) is 3.02. The molecule has 0 aliphatic carbocycles. The van der Waals surface area contributed by atoms with Crippen molar-refractivity contribution in [3.05, 3.63) is 28.1 Å². The number of hydrogen-bond donors (Lipinski definition) is 1. The second-order valence-electron chi connectivity index (χ2n) is 4.74. The zero-order valence-electron chi connectivity index (χ0n) is 13.8. The highest BCUT2D eigenvalue weighted by atomic mass is 32.2. The molecule has 14 heteroatoms. The van der Waals surface area contributed by atoms with Crippen molar-refractivity contribution < 1.29 is 36.3 Å². The Kier molecular flexibility index (Phi) is 5.90. The van der Waals surface area contributed by atoms with Crippen LogP contribution in [0.2, 0.25) is 0 Å².